The Hall–Kier alpha value is -0.830. The largest absolute Gasteiger partial charge is 0.495 e. The van der Waals surface area contributed by atoms with Crippen molar-refractivity contribution < 1.29 is 21.6 Å². The van der Waals surface area contributed by atoms with Crippen molar-refractivity contribution in [2.75, 3.05) is 12.9 Å². The van der Waals surface area contributed by atoms with Gasteiger partial charge in [-0.3, -0.25) is 0 Å². The Morgan fingerprint density at radius 1 is 1.25 bits per heavy atom. The van der Waals surface area contributed by atoms with Gasteiger partial charge in [0.15, 0.2) is 0 Å². The quantitative estimate of drug-likeness (QED) is 0.758. The fourth-order valence-electron chi connectivity index (χ4n) is 1.56. The van der Waals surface area contributed by atoms with Gasteiger partial charge in [0, 0.05) is 17.2 Å². The normalized spacial score (nSPS) is 12.3. The highest BCUT2D eigenvalue weighted by Gasteiger charge is 2.18. The first-order valence-electron chi connectivity index (χ1n) is 5.78. The van der Waals surface area contributed by atoms with Crippen LogP contribution in [0, 0.1) is 0 Å². The number of ether oxygens (including phenoxy) is 1. The lowest BCUT2D eigenvalue weighted by Crippen LogP contribution is -2.25. The summed E-state index contributed by atoms with van der Waals surface area (Å²) in [6.45, 7) is 1.75. The van der Waals surface area contributed by atoms with Crippen molar-refractivity contribution in [3.63, 3.8) is 0 Å². The number of rotatable bonds is 7. The molecule has 0 heterocycles. The van der Waals surface area contributed by atoms with Gasteiger partial charge < -0.3 is 4.74 Å². The second kappa shape index (κ2) is 6.75. The average molecular weight is 342 g/mol. The van der Waals surface area contributed by atoms with Crippen molar-refractivity contribution in [2.45, 2.75) is 24.8 Å². The van der Waals surface area contributed by atoms with Crippen LogP contribution >= 0.6 is 10.7 Å². The Kier molecular flexibility index (Phi) is 5.81. The summed E-state index contributed by atoms with van der Waals surface area (Å²) in [5.74, 6) is 0.129. The maximum Gasteiger partial charge on any atom is 0.264 e. The topological polar surface area (TPSA) is 89.5 Å². The van der Waals surface area contributed by atoms with Crippen LogP contribution in [0.3, 0.4) is 0 Å². The molecule has 1 aromatic carbocycles. The van der Waals surface area contributed by atoms with E-state index in [1.165, 1.54) is 19.2 Å². The molecule has 20 heavy (non-hydrogen) atoms. The lowest BCUT2D eigenvalue weighted by molar-refractivity contribution is 0.403. The Morgan fingerprint density at radius 2 is 1.90 bits per heavy atom. The molecule has 0 unspecified atom stereocenters. The zero-order chi connectivity index (χ0) is 15.4. The van der Waals surface area contributed by atoms with Gasteiger partial charge in [-0.1, -0.05) is 13.0 Å². The van der Waals surface area contributed by atoms with Crippen molar-refractivity contribution >= 4 is 29.8 Å². The van der Waals surface area contributed by atoms with Gasteiger partial charge >= 0.3 is 0 Å². The molecule has 9 heteroatoms. The number of nitrogens with one attached hydrogen (secondary N) is 1. The first-order valence-corrected chi connectivity index (χ1v) is 9.74. The highest BCUT2D eigenvalue weighted by molar-refractivity contribution is 8.13. The Bertz CT molecular complexity index is 670. The van der Waals surface area contributed by atoms with E-state index >= 15 is 0 Å². The zero-order valence-electron chi connectivity index (χ0n) is 11.1. The van der Waals surface area contributed by atoms with E-state index in [0.29, 0.717) is 12.0 Å². The zero-order valence-corrected chi connectivity index (χ0v) is 13.5. The number of hydrogen-bond donors (Lipinski definition) is 1. The molecular weight excluding hydrogens is 326 g/mol. The monoisotopic (exact) mass is 341 g/mol. The van der Waals surface area contributed by atoms with Crippen molar-refractivity contribution in [1.82, 2.24) is 4.72 Å². The van der Waals surface area contributed by atoms with Crippen molar-refractivity contribution in [3.05, 3.63) is 23.8 Å². The summed E-state index contributed by atoms with van der Waals surface area (Å²) in [6.07, 6.45) is 0.499. The molecule has 0 aromatic heterocycles. The molecule has 1 aromatic rings. The summed E-state index contributed by atoms with van der Waals surface area (Å²) >= 11 is 0. The van der Waals surface area contributed by atoms with E-state index in [2.05, 4.69) is 4.72 Å². The van der Waals surface area contributed by atoms with Gasteiger partial charge in [-0.15, -0.1) is 0 Å². The van der Waals surface area contributed by atoms with Crippen LogP contribution in [0.2, 0.25) is 0 Å². The third kappa shape index (κ3) is 4.93. The Balaban J connectivity index is 3.00. The number of halogens is 1. The van der Waals surface area contributed by atoms with E-state index in [1.807, 2.05) is 0 Å². The van der Waals surface area contributed by atoms with E-state index in [9.17, 15) is 16.8 Å². The molecule has 1 N–H and O–H groups in total. The smallest absolute Gasteiger partial charge is 0.264 e. The molecule has 0 amide bonds. The fraction of sp³-hybridized carbons (Fsp3) is 0.455. The number of benzene rings is 1. The highest BCUT2D eigenvalue weighted by Crippen LogP contribution is 2.27. The van der Waals surface area contributed by atoms with Crippen molar-refractivity contribution in [1.29, 1.82) is 0 Å². The van der Waals surface area contributed by atoms with E-state index in [0.717, 1.165) is 0 Å². The molecule has 0 aliphatic rings. The van der Waals surface area contributed by atoms with Crippen molar-refractivity contribution in [3.8, 4) is 5.75 Å². The lowest BCUT2D eigenvalue weighted by Gasteiger charge is -2.09. The summed E-state index contributed by atoms with van der Waals surface area (Å²) in [7, 11) is -0.688. The third-order valence-corrected chi connectivity index (χ3v) is 5.33. The van der Waals surface area contributed by atoms with Crippen LogP contribution in [0.4, 0.5) is 0 Å². The molecule has 0 aliphatic heterocycles. The van der Waals surface area contributed by atoms with Crippen LogP contribution in [-0.4, -0.2) is 29.7 Å². The second-order valence-corrected chi connectivity index (χ2v) is 8.52. The number of hydrogen-bond acceptors (Lipinski definition) is 5. The molecule has 0 fully saturated rings. The van der Waals surface area contributed by atoms with Crippen LogP contribution in [-0.2, 0) is 25.6 Å². The van der Waals surface area contributed by atoms with E-state index < -0.39 is 19.1 Å². The van der Waals surface area contributed by atoms with Gasteiger partial charge in [-0.25, -0.2) is 21.6 Å². The van der Waals surface area contributed by atoms with E-state index in [-0.39, 0.29) is 22.9 Å². The van der Waals surface area contributed by atoms with Gasteiger partial charge in [0.05, 0.1) is 12.9 Å². The summed E-state index contributed by atoms with van der Waals surface area (Å²) in [5.41, 5.74) is 0.477. The third-order valence-electron chi connectivity index (χ3n) is 2.46. The fourth-order valence-corrected chi connectivity index (χ4v) is 3.67. The maximum absolute atomic E-state index is 11.5. The standard InChI is InChI=1S/C11H16ClNO5S2/c1-3-6-19(14,15)13-8-9-4-5-10(18-2)11(7-9)20(12,16)17/h4-5,7,13H,3,6,8H2,1-2H3. The summed E-state index contributed by atoms with van der Waals surface area (Å²) in [4.78, 5) is -0.186. The van der Waals surface area contributed by atoms with Gasteiger partial charge in [0.1, 0.15) is 10.6 Å². The molecule has 6 nitrogen and oxygen atoms in total. The predicted octanol–water partition coefficient (Wildman–Crippen LogP) is 1.45. The molecule has 1 rings (SSSR count). The van der Waals surface area contributed by atoms with Crippen LogP contribution in [0.25, 0.3) is 0 Å². The van der Waals surface area contributed by atoms with Gasteiger partial charge in [0.25, 0.3) is 9.05 Å². The number of methoxy groups -OCH3 is 1. The SMILES string of the molecule is CCCS(=O)(=O)NCc1ccc(OC)c(S(=O)(=O)Cl)c1. The maximum atomic E-state index is 11.5. The summed E-state index contributed by atoms with van der Waals surface area (Å²) < 4.78 is 53.2. The lowest BCUT2D eigenvalue weighted by atomic mass is 10.2. The van der Waals surface area contributed by atoms with E-state index in [4.69, 9.17) is 15.4 Å². The van der Waals surface area contributed by atoms with Crippen LogP contribution in [0.15, 0.2) is 23.1 Å². The molecule has 0 bridgehead atoms. The minimum atomic E-state index is -3.96. The molecule has 0 aliphatic carbocycles. The Labute approximate surface area is 123 Å². The van der Waals surface area contributed by atoms with Gasteiger partial charge in [-0.2, -0.15) is 0 Å². The molecule has 0 radical (unpaired) electrons. The van der Waals surface area contributed by atoms with Crippen molar-refractivity contribution in [2.24, 2.45) is 0 Å². The van der Waals surface area contributed by atoms with E-state index in [1.54, 1.807) is 13.0 Å². The molecule has 114 valence electrons. The molecule has 0 spiro atoms. The highest BCUT2D eigenvalue weighted by atomic mass is 35.7. The molecular formula is C11H16ClNO5S2. The van der Waals surface area contributed by atoms with Crippen LogP contribution in [0.1, 0.15) is 18.9 Å². The molecule has 0 saturated heterocycles. The summed E-state index contributed by atoms with van der Waals surface area (Å²) in [5, 5.41) is 0. The minimum Gasteiger partial charge on any atom is -0.495 e. The van der Waals surface area contributed by atoms with Gasteiger partial charge in [0.2, 0.25) is 10.0 Å². The second-order valence-electron chi connectivity index (χ2n) is 4.06. The summed E-state index contributed by atoms with van der Waals surface area (Å²) in [6, 6.07) is 4.28. The Morgan fingerprint density at radius 3 is 2.40 bits per heavy atom. The molecule has 0 saturated carbocycles. The first kappa shape index (κ1) is 17.2. The van der Waals surface area contributed by atoms with Crippen LogP contribution in [0.5, 0.6) is 5.75 Å². The minimum absolute atomic E-state index is 0.00820. The average Bonchev–Trinajstić information content (AvgIpc) is 2.35. The predicted molar refractivity (Wildman–Crippen MR) is 77.0 cm³/mol. The van der Waals surface area contributed by atoms with Gasteiger partial charge in [-0.05, 0) is 24.1 Å². The number of sulfonamides is 1. The van der Waals surface area contributed by atoms with Crippen LogP contribution < -0.4 is 9.46 Å². The molecule has 0 atom stereocenters. The first-order chi connectivity index (χ1) is 9.19.